The number of amides is 3. The average molecular weight is 519 g/mol. The van der Waals surface area contributed by atoms with Gasteiger partial charge in [0.25, 0.3) is 5.91 Å². The number of rotatable bonds is 9. The van der Waals surface area contributed by atoms with Crippen LogP contribution < -0.4 is 14.8 Å². The molecule has 172 valence electrons. The molecule has 1 fully saturated rings. The van der Waals surface area contributed by atoms with Gasteiger partial charge >= 0.3 is 18.0 Å². The van der Waals surface area contributed by atoms with Gasteiger partial charge in [-0.1, -0.05) is 12.1 Å². The molecule has 0 spiro atoms. The Morgan fingerprint density at radius 2 is 1.82 bits per heavy atom. The van der Waals surface area contributed by atoms with Crippen LogP contribution in [0.3, 0.4) is 0 Å². The normalized spacial score (nSPS) is 14.4. The zero-order valence-corrected chi connectivity index (χ0v) is 18.9. The second-order valence-electron chi connectivity index (χ2n) is 6.83. The molecule has 2 aromatic carbocycles. The van der Waals surface area contributed by atoms with Crippen LogP contribution >= 0.6 is 15.9 Å². The number of aromatic carboxylic acids is 1. The molecule has 1 heterocycles. The molecule has 1 aliphatic heterocycles. The smallest absolute Gasteiger partial charge is 0.335 e. The Kier molecular flexibility index (Phi) is 7.34. The van der Waals surface area contributed by atoms with Gasteiger partial charge in [-0.25, -0.2) is 14.5 Å². The van der Waals surface area contributed by atoms with E-state index >= 15 is 0 Å². The second kappa shape index (κ2) is 10.2. The van der Waals surface area contributed by atoms with Gasteiger partial charge in [0, 0.05) is 0 Å². The summed E-state index contributed by atoms with van der Waals surface area (Å²) in [6, 6.07) is 8.71. The molecule has 0 atom stereocenters. The Balaban J connectivity index is 1.83. The summed E-state index contributed by atoms with van der Waals surface area (Å²) in [5.41, 5.74) is 1.35. The summed E-state index contributed by atoms with van der Waals surface area (Å²) in [5.74, 6) is -2.30. The maximum absolute atomic E-state index is 12.4. The zero-order chi connectivity index (χ0) is 24.1. The van der Waals surface area contributed by atoms with Gasteiger partial charge in [-0.15, -0.1) is 0 Å². The van der Waals surface area contributed by atoms with Gasteiger partial charge in [0.1, 0.15) is 18.8 Å². The largest absolute Gasteiger partial charge is 0.490 e. The Morgan fingerprint density at radius 1 is 1.12 bits per heavy atom. The Hall–Kier alpha value is -3.86. The first-order valence-corrected chi connectivity index (χ1v) is 10.5. The van der Waals surface area contributed by atoms with Gasteiger partial charge in [-0.05, 0) is 64.3 Å². The highest BCUT2D eigenvalue weighted by molar-refractivity contribution is 9.10. The molecular formula is C22H19BrN2O8. The third kappa shape index (κ3) is 5.69. The molecule has 0 aliphatic carbocycles. The van der Waals surface area contributed by atoms with E-state index in [0.29, 0.717) is 33.0 Å². The van der Waals surface area contributed by atoms with Crippen molar-refractivity contribution in [3.63, 3.8) is 0 Å². The summed E-state index contributed by atoms with van der Waals surface area (Å²) in [7, 11) is 0. The molecule has 1 aliphatic rings. The summed E-state index contributed by atoms with van der Waals surface area (Å²) < 4.78 is 12.1. The summed E-state index contributed by atoms with van der Waals surface area (Å²) in [4.78, 5) is 46.7. The third-order valence-electron chi connectivity index (χ3n) is 4.48. The van der Waals surface area contributed by atoms with Crippen LogP contribution in [0.2, 0.25) is 0 Å². The average Bonchev–Trinajstić information content (AvgIpc) is 3.00. The Bertz CT molecular complexity index is 1140. The molecule has 0 aromatic heterocycles. The molecule has 11 heteroatoms. The molecule has 33 heavy (non-hydrogen) atoms. The number of carbonyl (C=O) groups excluding carboxylic acids is 2. The number of imide groups is 1. The van der Waals surface area contributed by atoms with Crippen molar-refractivity contribution in [3.8, 4) is 11.5 Å². The minimum Gasteiger partial charge on any atom is -0.490 e. The Morgan fingerprint density at radius 3 is 2.42 bits per heavy atom. The number of nitrogens with one attached hydrogen (secondary N) is 1. The molecule has 3 rings (SSSR count). The summed E-state index contributed by atoms with van der Waals surface area (Å²) in [6.45, 7) is 1.53. The van der Waals surface area contributed by atoms with Crippen LogP contribution in [-0.2, 0) is 16.2 Å². The van der Waals surface area contributed by atoms with E-state index in [0.717, 1.165) is 5.56 Å². The predicted molar refractivity (Wildman–Crippen MR) is 119 cm³/mol. The fraction of sp³-hybridized carbons (Fsp3) is 0.182. The fourth-order valence-electron chi connectivity index (χ4n) is 2.99. The van der Waals surface area contributed by atoms with Crippen LogP contribution in [-0.4, -0.2) is 52.1 Å². The van der Waals surface area contributed by atoms with Gasteiger partial charge in [0.15, 0.2) is 11.5 Å². The maximum atomic E-state index is 12.4. The van der Waals surface area contributed by atoms with Crippen LogP contribution in [0.5, 0.6) is 11.5 Å². The number of carboxylic acid groups (broad SMARTS) is 2. The number of carbonyl (C=O) groups is 4. The van der Waals surface area contributed by atoms with Crippen molar-refractivity contribution in [2.45, 2.75) is 13.5 Å². The summed E-state index contributed by atoms with van der Waals surface area (Å²) >= 11 is 3.42. The number of urea groups is 1. The van der Waals surface area contributed by atoms with Crippen molar-refractivity contribution < 1.29 is 38.9 Å². The van der Waals surface area contributed by atoms with Gasteiger partial charge in [-0.2, -0.15) is 0 Å². The van der Waals surface area contributed by atoms with Crippen molar-refractivity contribution in [2.24, 2.45) is 0 Å². The van der Waals surface area contributed by atoms with E-state index in [1.165, 1.54) is 18.2 Å². The number of hydrogen-bond donors (Lipinski definition) is 3. The van der Waals surface area contributed by atoms with Crippen LogP contribution in [0, 0.1) is 0 Å². The van der Waals surface area contributed by atoms with E-state index in [9.17, 15) is 19.2 Å². The molecule has 0 unspecified atom stereocenters. The van der Waals surface area contributed by atoms with E-state index < -0.39 is 30.4 Å². The quantitative estimate of drug-likeness (QED) is 0.339. The first-order valence-electron chi connectivity index (χ1n) is 9.67. The lowest BCUT2D eigenvalue weighted by Crippen LogP contribution is -2.35. The van der Waals surface area contributed by atoms with Crippen LogP contribution in [0.15, 0.2) is 46.6 Å². The monoisotopic (exact) mass is 518 g/mol. The minimum absolute atomic E-state index is 0.0669. The van der Waals surface area contributed by atoms with Gasteiger partial charge in [-0.3, -0.25) is 9.59 Å². The van der Waals surface area contributed by atoms with E-state index in [1.54, 1.807) is 31.2 Å². The number of carboxylic acids is 2. The number of halogens is 1. The second-order valence-corrected chi connectivity index (χ2v) is 7.68. The van der Waals surface area contributed by atoms with Crippen LogP contribution in [0.4, 0.5) is 4.79 Å². The van der Waals surface area contributed by atoms with E-state index in [-0.39, 0.29) is 17.9 Å². The van der Waals surface area contributed by atoms with E-state index in [1.807, 2.05) is 0 Å². The van der Waals surface area contributed by atoms with E-state index in [2.05, 4.69) is 21.2 Å². The van der Waals surface area contributed by atoms with Crippen molar-refractivity contribution in [2.75, 3.05) is 13.2 Å². The first kappa shape index (κ1) is 23.8. The minimum atomic E-state index is -1.31. The molecule has 0 bridgehead atoms. The number of nitrogens with zero attached hydrogens (tertiary/aromatic N) is 1. The molecule has 1 saturated heterocycles. The number of benzene rings is 2. The molecule has 0 radical (unpaired) electrons. The molecule has 3 N–H and O–H groups in total. The summed E-state index contributed by atoms with van der Waals surface area (Å²) in [5, 5.41) is 20.2. The number of aliphatic carboxylic acids is 1. The Labute approximate surface area is 196 Å². The first-order chi connectivity index (χ1) is 15.7. The van der Waals surface area contributed by atoms with Crippen LogP contribution in [0.1, 0.15) is 28.4 Å². The highest BCUT2D eigenvalue weighted by atomic mass is 79.9. The van der Waals surface area contributed by atoms with Gasteiger partial charge < -0.3 is 25.0 Å². The van der Waals surface area contributed by atoms with Crippen molar-refractivity contribution in [1.29, 1.82) is 0 Å². The lowest BCUT2D eigenvalue weighted by Gasteiger charge is -2.15. The topological polar surface area (TPSA) is 142 Å². The number of hydrogen-bond acceptors (Lipinski definition) is 6. The van der Waals surface area contributed by atoms with Crippen molar-refractivity contribution in [3.05, 3.63) is 63.3 Å². The van der Waals surface area contributed by atoms with Gasteiger partial charge in [0.2, 0.25) is 0 Å². The predicted octanol–water partition coefficient (Wildman–Crippen LogP) is 3.10. The maximum Gasteiger partial charge on any atom is 0.335 e. The third-order valence-corrected chi connectivity index (χ3v) is 5.07. The van der Waals surface area contributed by atoms with Crippen LogP contribution in [0.25, 0.3) is 6.08 Å². The fourth-order valence-corrected chi connectivity index (χ4v) is 3.56. The molecule has 0 saturated carbocycles. The van der Waals surface area contributed by atoms with Crippen molar-refractivity contribution >= 4 is 45.9 Å². The lowest BCUT2D eigenvalue weighted by atomic mass is 10.1. The highest BCUT2D eigenvalue weighted by Crippen LogP contribution is 2.38. The molecule has 10 nitrogen and oxygen atoms in total. The van der Waals surface area contributed by atoms with Gasteiger partial charge in [0.05, 0.1) is 16.6 Å². The summed E-state index contributed by atoms with van der Waals surface area (Å²) in [6.07, 6.45) is 1.41. The standard InChI is InChI=1S/C22H19BrN2O8/c1-2-32-17-9-13(8-16-20(28)25(10-18(26)27)22(31)24-16)7-15(23)19(17)33-11-12-3-5-14(6-4-12)21(29)30/h3-9H,2,10-11H2,1H3,(H,24,31)(H,26,27)(H,29,30)/b16-8+. The van der Waals surface area contributed by atoms with E-state index in [4.69, 9.17) is 19.7 Å². The SMILES string of the molecule is CCOc1cc(/C=C2/NC(=O)N(CC(=O)O)C2=O)cc(Br)c1OCc1ccc(C(=O)O)cc1. The molecule has 2 aromatic rings. The van der Waals surface area contributed by atoms with Crippen molar-refractivity contribution in [1.82, 2.24) is 10.2 Å². The highest BCUT2D eigenvalue weighted by Gasteiger charge is 2.35. The zero-order valence-electron chi connectivity index (χ0n) is 17.3. The molecular weight excluding hydrogens is 500 g/mol. The lowest BCUT2D eigenvalue weighted by molar-refractivity contribution is -0.140. The molecule has 3 amide bonds. The number of ether oxygens (including phenoxy) is 2.